The lowest BCUT2D eigenvalue weighted by Gasteiger charge is -2.43. The Hall–Kier alpha value is 0.150. The Morgan fingerprint density at radius 2 is 2.13 bits per heavy atom. The fourth-order valence-electron chi connectivity index (χ4n) is 2.98. The van der Waals surface area contributed by atoms with Crippen molar-refractivity contribution in [1.29, 1.82) is 0 Å². The molecular weight excluding hydrogens is 252 g/mol. The third-order valence-corrected chi connectivity index (χ3v) is 5.09. The molecule has 3 unspecified atom stereocenters. The molecule has 0 bridgehead atoms. The van der Waals surface area contributed by atoms with Gasteiger partial charge in [-0.15, -0.1) is 0 Å². The maximum absolute atomic E-state index is 11.3. The molecule has 0 N–H and O–H groups in total. The summed E-state index contributed by atoms with van der Waals surface area (Å²) in [4.78, 5) is 11.3. The molecule has 3 atom stereocenters. The molecule has 0 aliphatic heterocycles. The number of carbonyl (C=O) groups excluding carboxylic acids is 1. The van der Waals surface area contributed by atoms with E-state index >= 15 is 0 Å². The van der Waals surface area contributed by atoms with Crippen LogP contribution in [0.15, 0.2) is 0 Å². The van der Waals surface area contributed by atoms with Crippen molar-refractivity contribution in [2.45, 2.75) is 58.2 Å². The smallest absolute Gasteiger partial charge is 0.143 e. The maximum atomic E-state index is 11.3. The Bertz CT molecular complexity index is 235. The minimum absolute atomic E-state index is 0.0577. The van der Waals surface area contributed by atoms with Gasteiger partial charge in [-0.25, -0.2) is 0 Å². The monoisotopic (exact) mass is 274 g/mol. The molecule has 0 spiro atoms. The summed E-state index contributed by atoms with van der Waals surface area (Å²) in [5.74, 6) is 1.70. The summed E-state index contributed by atoms with van der Waals surface area (Å²) in [6.07, 6.45) is 4.98. The van der Waals surface area contributed by atoms with E-state index in [1.807, 2.05) is 0 Å². The third-order valence-electron chi connectivity index (χ3n) is 4.07. The predicted octanol–water partition coefficient (Wildman–Crippen LogP) is 4.19. The van der Waals surface area contributed by atoms with Crippen LogP contribution in [0.3, 0.4) is 0 Å². The number of Topliss-reactive ketones (excluding diaryl/α,β-unsaturated/α-hetero) is 1. The largest absolute Gasteiger partial charge is 0.299 e. The number of hydrogen-bond donors (Lipinski definition) is 0. The first kappa shape index (κ1) is 13.2. The normalized spacial score (nSPS) is 32.3. The zero-order valence-corrected chi connectivity index (χ0v) is 11.9. The van der Waals surface area contributed by atoms with E-state index in [1.165, 1.54) is 19.3 Å². The Morgan fingerprint density at radius 1 is 1.53 bits per heavy atom. The van der Waals surface area contributed by atoms with Gasteiger partial charge >= 0.3 is 0 Å². The molecule has 1 saturated carbocycles. The maximum Gasteiger partial charge on any atom is 0.143 e. The Labute approximate surface area is 102 Å². The Morgan fingerprint density at radius 3 is 2.60 bits per heavy atom. The summed E-state index contributed by atoms with van der Waals surface area (Å²) in [7, 11) is 0. The van der Waals surface area contributed by atoms with E-state index < -0.39 is 0 Å². The molecular formula is C13H23BrO. The molecule has 1 rings (SSSR count). The van der Waals surface area contributed by atoms with Gasteiger partial charge in [0.2, 0.25) is 0 Å². The van der Waals surface area contributed by atoms with Gasteiger partial charge in [0, 0.05) is 0 Å². The minimum Gasteiger partial charge on any atom is -0.299 e. The lowest BCUT2D eigenvalue weighted by Crippen LogP contribution is -2.36. The van der Waals surface area contributed by atoms with Crippen LogP contribution in [0.1, 0.15) is 53.4 Å². The topological polar surface area (TPSA) is 17.1 Å². The average Bonchev–Trinajstić information content (AvgIpc) is 2.10. The predicted molar refractivity (Wildman–Crippen MR) is 68.3 cm³/mol. The molecule has 1 aliphatic carbocycles. The third kappa shape index (κ3) is 3.30. The number of alkyl halides is 1. The summed E-state index contributed by atoms with van der Waals surface area (Å²) < 4.78 is 0. The van der Waals surface area contributed by atoms with Crippen molar-refractivity contribution in [3.05, 3.63) is 0 Å². The first-order valence-electron chi connectivity index (χ1n) is 5.99. The second-order valence-electron chi connectivity index (χ2n) is 5.78. The first-order valence-corrected chi connectivity index (χ1v) is 6.90. The zero-order valence-electron chi connectivity index (χ0n) is 10.3. The molecule has 0 radical (unpaired) electrons. The number of carbonyl (C=O) groups is 1. The van der Waals surface area contributed by atoms with Crippen LogP contribution in [0.2, 0.25) is 0 Å². The lowest BCUT2D eigenvalue weighted by molar-refractivity contribution is -0.117. The van der Waals surface area contributed by atoms with Crippen LogP contribution >= 0.6 is 15.9 Å². The molecule has 88 valence electrons. The quantitative estimate of drug-likeness (QED) is 0.706. The summed E-state index contributed by atoms with van der Waals surface area (Å²) in [5.41, 5.74) is 0.402. The van der Waals surface area contributed by atoms with Crippen LogP contribution in [-0.2, 0) is 4.79 Å². The minimum atomic E-state index is 0.0577. The zero-order chi connectivity index (χ0) is 11.6. The van der Waals surface area contributed by atoms with E-state index in [0.717, 1.165) is 12.3 Å². The van der Waals surface area contributed by atoms with Gasteiger partial charge in [0.15, 0.2) is 0 Å². The van der Waals surface area contributed by atoms with E-state index in [1.54, 1.807) is 6.92 Å². The van der Waals surface area contributed by atoms with Crippen LogP contribution in [-0.4, -0.2) is 10.6 Å². The van der Waals surface area contributed by atoms with Gasteiger partial charge in [-0.1, -0.05) is 49.5 Å². The van der Waals surface area contributed by atoms with Crippen molar-refractivity contribution in [2.24, 2.45) is 17.3 Å². The van der Waals surface area contributed by atoms with Gasteiger partial charge in [-0.2, -0.15) is 0 Å². The highest BCUT2D eigenvalue weighted by molar-refractivity contribution is 9.10. The SMILES string of the molecule is CC(=O)C(Br)CC1C(C)CCCC1(C)C. The second-order valence-corrected chi connectivity index (χ2v) is 6.88. The molecule has 2 heteroatoms. The molecule has 0 amide bonds. The van der Waals surface area contributed by atoms with Gasteiger partial charge in [0.05, 0.1) is 4.83 Å². The van der Waals surface area contributed by atoms with E-state index in [2.05, 4.69) is 36.7 Å². The molecule has 0 saturated heterocycles. The number of ketones is 1. The highest BCUT2D eigenvalue weighted by Gasteiger charge is 2.38. The highest BCUT2D eigenvalue weighted by atomic mass is 79.9. The second kappa shape index (κ2) is 4.99. The van der Waals surface area contributed by atoms with Gasteiger partial charge in [-0.3, -0.25) is 4.79 Å². The van der Waals surface area contributed by atoms with E-state index in [4.69, 9.17) is 0 Å². The average molecular weight is 275 g/mol. The van der Waals surface area contributed by atoms with Crippen molar-refractivity contribution in [3.63, 3.8) is 0 Å². The molecule has 0 aromatic heterocycles. The summed E-state index contributed by atoms with van der Waals surface area (Å²) in [6, 6.07) is 0. The van der Waals surface area contributed by atoms with Crippen LogP contribution in [0.25, 0.3) is 0 Å². The van der Waals surface area contributed by atoms with Crippen molar-refractivity contribution in [2.75, 3.05) is 0 Å². The van der Waals surface area contributed by atoms with Gasteiger partial charge in [-0.05, 0) is 37.0 Å². The van der Waals surface area contributed by atoms with Crippen molar-refractivity contribution < 1.29 is 4.79 Å². The van der Waals surface area contributed by atoms with Crippen molar-refractivity contribution in [3.8, 4) is 0 Å². The van der Waals surface area contributed by atoms with E-state index in [0.29, 0.717) is 11.3 Å². The van der Waals surface area contributed by atoms with E-state index in [-0.39, 0.29) is 10.6 Å². The van der Waals surface area contributed by atoms with Crippen LogP contribution in [0.4, 0.5) is 0 Å². The molecule has 1 nitrogen and oxygen atoms in total. The van der Waals surface area contributed by atoms with Gasteiger partial charge in [0.25, 0.3) is 0 Å². The number of rotatable bonds is 3. The van der Waals surface area contributed by atoms with Crippen molar-refractivity contribution >= 4 is 21.7 Å². The molecule has 15 heavy (non-hydrogen) atoms. The fraction of sp³-hybridized carbons (Fsp3) is 0.923. The fourth-order valence-corrected chi connectivity index (χ4v) is 3.38. The van der Waals surface area contributed by atoms with Gasteiger partial charge in [0.1, 0.15) is 5.78 Å². The molecule has 1 aliphatic rings. The summed E-state index contributed by atoms with van der Waals surface area (Å²) >= 11 is 3.51. The molecule has 0 heterocycles. The van der Waals surface area contributed by atoms with Crippen molar-refractivity contribution in [1.82, 2.24) is 0 Å². The Kier molecular flexibility index (Phi) is 4.39. The highest BCUT2D eigenvalue weighted by Crippen LogP contribution is 2.46. The Balaban J connectivity index is 2.67. The standard InChI is InChI=1S/C13H23BrO/c1-9-6-5-7-13(3,4)11(9)8-12(14)10(2)15/h9,11-12H,5-8H2,1-4H3. The summed E-state index contributed by atoms with van der Waals surface area (Å²) in [6.45, 7) is 8.73. The van der Waals surface area contributed by atoms with Crippen LogP contribution in [0.5, 0.6) is 0 Å². The summed E-state index contributed by atoms with van der Waals surface area (Å²) in [5, 5.41) is 0. The van der Waals surface area contributed by atoms with Gasteiger partial charge < -0.3 is 0 Å². The first-order chi connectivity index (χ1) is 6.84. The lowest BCUT2D eigenvalue weighted by atomic mass is 9.62. The molecule has 0 aromatic carbocycles. The van der Waals surface area contributed by atoms with Crippen LogP contribution in [0, 0.1) is 17.3 Å². The molecule has 1 fully saturated rings. The van der Waals surface area contributed by atoms with Crippen LogP contribution < -0.4 is 0 Å². The number of hydrogen-bond acceptors (Lipinski definition) is 1. The van der Waals surface area contributed by atoms with E-state index in [9.17, 15) is 4.79 Å². The number of halogens is 1. The molecule has 0 aromatic rings.